The Hall–Kier alpha value is -3.70. The lowest BCUT2D eigenvalue weighted by Crippen LogP contribution is -2.11. The third-order valence-corrected chi connectivity index (χ3v) is 5.70. The van der Waals surface area contributed by atoms with Gasteiger partial charge in [0.25, 0.3) is 5.91 Å². The second kappa shape index (κ2) is 8.20. The second-order valence-corrected chi connectivity index (χ2v) is 7.93. The van der Waals surface area contributed by atoms with Crippen LogP contribution in [0.25, 0.3) is 33.7 Å². The van der Waals surface area contributed by atoms with Crippen molar-refractivity contribution in [3.05, 3.63) is 107 Å². The number of fused-ring (bicyclic) bond motifs is 1. The number of rotatable bonds is 4. The van der Waals surface area contributed by atoms with E-state index in [-0.39, 0.29) is 5.91 Å². The number of benzene rings is 4. The molecule has 0 aliphatic heterocycles. The average molecular weight is 469 g/mol. The maximum Gasteiger partial charge on any atom is 0.255 e. The Labute approximate surface area is 187 Å². The summed E-state index contributed by atoms with van der Waals surface area (Å²) >= 11 is 3.53. The number of hydrogen-bond donors (Lipinski definition) is 1. The highest BCUT2D eigenvalue weighted by atomic mass is 79.9. The van der Waals surface area contributed by atoms with Crippen molar-refractivity contribution < 1.29 is 9.21 Å². The largest absolute Gasteiger partial charge is 0.436 e. The van der Waals surface area contributed by atoms with Crippen LogP contribution in [0.5, 0.6) is 0 Å². The van der Waals surface area contributed by atoms with E-state index in [2.05, 4.69) is 26.2 Å². The molecular formula is C26H17BrN2O2. The molecule has 0 aliphatic carbocycles. The number of hydrogen-bond acceptors (Lipinski definition) is 3. The van der Waals surface area contributed by atoms with Crippen molar-refractivity contribution in [2.45, 2.75) is 0 Å². The summed E-state index contributed by atoms with van der Waals surface area (Å²) in [5.41, 5.74) is 5.67. The monoisotopic (exact) mass is 468 g/mol. The SMILES string of the molecule is O=C(Nc1ccc2oc(-c3ccccc3Br)nc2c1)c1ccc(-c2ccccc2)cc1. The van der Waals surface area contributed by atoms with Gasteiger partial charge in [0.15, 0.2) is 5.58 Å². The molecule has 5 heteroatoms. The van der Waals surface area contributed by atoms with Gasteiger partial charge in [-0.3, -0.25) is 4.79 Å². The summed E-state index contributed by atoms with van der Waals surface area (Å²) in [7, 11) is 0. The van der Waals surface area contributed by atoms with Gasteiger partial charge in [-0.2, -0.15) is 0 Å². The van der Waals surface area contributed by atoms with Crippen molar-refractivity contribution in [1.82, 2.24) is 4.98 Å². The molecular weight excluding hydrogens is 452 g/mol. The van der Waals surface area contributed by atoms with Crippen molar-refractivity contribution in [2.24, 2.45) is 0 Å². The number of amides is 1. The summed E-state index contributed by atoms with van der Waals surface area (Å²) in [5, 5.41) is 2.94. The van der Waals surface area contributed by atoms with E-state index in [0.717, 1.165) is 21.2 Å². The minimum absolute atomic E-state index is 0.173. The number of nitrogens with zero attached hydrogens (tertiary/aromatic N) is 1. The molecule has 5 aromatic rings. The standard InChI is InChI=1S/C26H17BrN2O2/c27-22-9-5-4-8-21(22)26-29-23-16-20(14-15-24(23)31-26)28-25(30)19-12-10-18(11-13-19)17-6-2-1-3-7-17/h1-16H,(H,28,30). The molecule has 0 atom stereocenters. The highest BCUT2D eigenvalue weighted by Gasteiger charge is 2.13. The molecule has 4 aromatic carbocycles. The van der Waals surface area contributed by atoms with Crippen LogP contribution in [0.2, 0.25) is 0 Å². The smallest absolute Gasteiger partial charge is 0.255 e. The normalized spacial score (nSPS) is 10.9. The van der Waals surface area contributed by atoms with Crippen molar-refractivity contribution in [2.75, 3.05) is 5.32 Å². The second-order valence-electron chi connectivity index (χ2n) is 7.08. The fraction of sp³-hybridized carbons (Fsp3) is 0. The third-order valence-electron chi connectivity index (χ3n) is 5.00. The van der Waals surface area contributed by atoms with Gasteiger partial charge in [-0.25, -0.2) is 4.98 Å². The molecule has 0 aliphatic rings. The van der Waals surface area contributed by atoms with Crippen LogP contribution in [0.1, 0.15) is 10.4 Å². The molecule has 1 amide bonds. The van der Waals surface area contributed by atoms with E-state index < -0.39 is 0 Å². The number of halogens is 1. The molecule has 1 heterocycles. The van der Waals surface area contributed by atoms with Crippen molar-refractivity contribution in [1.29, 1.82) is 0 Å². The average Bonchev–Trinajstić information content (AvgIpc) is 3.23. The fourth-order valence-corrected chi connectivity index (χ4v) is 3.86. The first-order valence-electron chi connectivity index (χ1n) is 9.80. The van der Waals surface area contributed by atoms with Gasteiger partial charge in [0.1, 0.15) is 5.52 Å². The molecule has 0 saturated heterocycles. The van der Waals surface area contributed by atoms with E-state index in [0.29, 0.717) is 28.2 Å². The van der Waals surface area contributed by atoms with Crippen LogP contribution >= 0.6 is 15.9 Å². The Morgan fingerprint density at radius 1 is 0.806 bits per heavy atom. The quantitative estimate of drug-likeness (QED) is 0.304. The molecule has 0 radical (unpaired) electrons. The zero-order chi connectivity index (χ0) is 21.2. The Balaban J connectivity index is 1.36. The molecule has 1 N–H and O–H groups in total. The van der Waals surface area contributed by atoms with Crippen LogP contribution in [0, 0.1) is 0 Å². The summed E-state index contributed by atoms with van der Waals surface area (Å²) in [6.07, 6.45) is 0. The van der Waals surface area contributed by atoms with Crippen LogP contribution in [0.3, 0.4) is 0 Å². The zero-order valence-corrected chi connectivity index (χ0v) is 18.0. The van der Waals surface area contributed by atoms with Gasteiger partial charge < -0.3 is 9.73 Å². The minimum atomic E-state index is -0.173. The lowest BCUT2D eigenvalue weighted by atomic mass is 10.0. The number of anilines is 1. The molecule has 4 nitrogen and oxygen atoms in total. The van der Waals surface area contributed by atoms with E-state index in [9.17, 15) is 4.79 Å². The van der Waals surface area contributed by atoms with E-state index in [1.807, 2.05) is 97.1 Å². The van der Waals surface area contributed by atoms with Gasteiger partial charge in [-0.05, 0) is 69.5 Å². The van der Waals surface area contributed by atoms with E-state index >= 15 is 0 Å². The Morgan fingerprint density at radius 3 is 2.29 bits per heavy atom. The topological polar surface area (TPSA) is 55.1 Å². The summed E-state index contributed by atoms with van der Waals surface area (Å²) < 4.78 is 6.79. The number of aromatic nitrogens is 1. The van der Waals surface area contributed by atoms with Gasteiger partial charge in [0.2, 0.25) is 5.89 Å². The van der Waals surface area contributed by atoms with Gasteiger partial charge >= 0.3 is 0 Å². The molecule has 150 valence electrons. The first kappa shape index (κ1) is 19.3. The van der Waals surface area contributed by atoms with Crippen molar-refractivity contribution >= 4 is 38.6 Å². The van der Waals surface area contributed by atoms with Crippen molar-refractivity contribution in [3.8, 4) is 22.6 Å². The van der Waals surface area contributed by atoms with E-state index in [1.54, 1.807) is 0 Å². The maximum atomic E-state index is 12.7. The predicted molar refractivity (Wildman–Crippen MR) is 127 cm³/mol. The van der Waals surface area contributed by atoms with Crippen LogP contribution in [-0.4, -0.2) is 10.9 Å². The van der Waals surface area contributed by atoms with Gasteiger partial charge in [-0.1, -0.05) is 54.6 Å². The number of carbonyl (C=O) groups excluding carboxylic acids is 1. The molecule has 31 heavy (non-hydrogen) atoms. The summed E-state index contributed by atoms with van der Waals surface area (Å²) in [6, 6.07) is 30.8. The highest BCUT2D eigenvalue weighted by Crippen LogP contribution is 2.31. The molecule has 1 aromatic heterocycles. The number of nitrogens with one attached hydrogen (secondary N) is 1. The highest BCUT2D eigenvalue weighted by molar-refractivity contribution is 9.10. The number of oxazole rings is 1. The molecule has 0 spiro atoms. The minimum Gasteiger partial charge on any atom is -0.436 e. The van der Waals surface area contributed by atoms with E-state index in [4.69, 9.17) is 4.42 Å². The molecule has 0 unspecified atom stereocenters. The van der Waals surface area contributed by atoms with Crippen LogP contribution < -0.4 is 5.32 Å². The first-order valence-corrected chi connectivity index (χ1v) is 10.6. The Kier molecular flexibility index (Phi) is 5.10. The molecule has 5 rings (SSSR count). The third kappa shape index (κ3) is 4.00. The maximum absolute atomic E-state index is 12.7. The Bertz CT molecular complexity index is 1380. The first-order chi connectivity index (χ1) is 15.2. The van der Waals surface area contributed by atoms with Crippen LogP contribution in [-0.2, 0) is 0 Å². The number of carbonyl (C=O) groups is 1. The zero-order valence-electron chi connectivity index (χ0n) is 16.4. The lowest BCUT2D eigenvalue weighted by molar-refractivity contribution is 0.102. The Morgan fingerprint density at radius 2 is 1.52 bits per heavy atom. The summed E-state index contributed by atoms with van der Waals surface area (Å²) in [5.74, 6) is 0.357. The van der Waals surface area contributed by atoms with Gasteiger partial charge in [-0.15, -0.1) is 0 Å². The summed E-state index contributed by atoms with van der Waals surface area (Å²) in [4.78, 5) is 17.3. The van der Waals surface area contributed by atoms with Gasteiger partial charge in [0, 0.05) is 15.7 Å². The van der Waals surface area contributed by atoms with E-state index in [1.165, 1.54) is 0 Å². The van der Waals surface area contributed by atoms with Crippen molar-refractivity contribution in [3.63, 3.8) is 0 Å². The molecule has 0 fully saturated rings. The summed E-state index contributed by atoms with van der Waals surface area (Å²) in [6.45, 7) is 0. The van der Waals surface area contributed by atoms with Crippen LogP contribution in [0.15, 0.2) is 106 Å². The van der Waals surface area contributed by atoms with Crippen LogP contribution in [0.4, 0.5) is 5.69 Å². The van der Waals surface area contributed by atoms with Gasteiger partial charge in [0.05, 0.1) is 5.56 Å². The fourth-order valence-electron chi connectivity index (χ4n) is 3.40. The lowest BCUT2D eigenvalue weighted by Gasteiger charge is -2.06. The predicted octanol–water partition coefficient (Wildman–Crippen LogP) is 7.18. The molecule has 0 bridgehead atoms. The molecule has 0 saturated carbocycles.